The highest BCUT2D eigenvalue weighted by Gasteiger charge is 2.23. The number of nitrogens with zero attached hydrogens (tertiary/aromatic N) is 3. The number of hydrogen-bond acceptors (Lipinski definition) is 5. The second kappa shape index (κ2) is 5.35. The van der Waals surface area contributed by atoms with Crippen LogP contribution < -0.4 is 4.90 Å². The van der Waals surface area contributed by atoms with Crippen LogP contribution in [0.4, 0.5) is 5.82 Å². The third-order valence-electron chi connectivity index (χ3n) is 3.71. The maximum atomic E-state index is 8.98. The lowest BCUT2D eigenvalue weighted by molar-refractivity contribution is 0.240. The third-order valence-corrected chi connectivity index (χ3v) is 3.88. The molecule has 5 nitrogen and oxygen atoms in total. The van der Waals surface area contributed by atoms with Crippen molar-refractivity contribution in [1.29, 1.82) is 0 Å². The zero-order chi connectivity index (χ0) is 13.2. The van der Waals surface area contributed by atoms with Gasteiger partial charge in [0.05, 0.1) is 6.26 Å². The number of halogens is 1. The first-order valence-electron chi connectivity index (χ1n) is 6.54. The normalized spacial score (nSPS) is 17.3. The maximum absolute atomic E-state index is 8.98. The minimum Gasteiger partial charge on any atom is -0.459 e. The second-order valence-electron chi connectivity index (χ2n) is 4.89. The summed E-state index contributed by atoms with van der Waals surface area (Å²) in [5.74, 6) is 1.38. The minimum atomic E-state index is 0.251. The summed E-state index contributed by atoms with van der Waals surface area (Å²) in [7, 11) is 0. The molecule has 0 bridgehead atoms. The van der Waals surface area contributed by atoms with Gasteiger partial charge in [0.1, 0.15) is 5.52 Å². The van der Waals surface area contributed by atoms with Crippen molar-refractivity contribution in [3.05, 3.63) is 17.6 Å². The second-order valence-corrected chi connectivity index (χ2v) is 5.23. The molecule has 1 aliphatic rings. The van der Waals surface area contributed by atoms with Crippen molar-refractivity contribution >= 4 is 28.5 Å². The first kappa shape index (κ1) is 12.7. The van der Waals surface area contributed by atoms with Crippen LogP contribution in [0.15, 0.2) is 16.7 Å². The van der Waals surface area contributed by atoms with Crippen LogP contribution in [0.3, 0.4) is 0 Å². The molecule has 0 amide bonds. The molecule has 1 fully saturated rings. The topological polar surface area (TPSA) is 62.4 Å². The van der Waals surface area contributed by atoms with Gasteiger partial charge < -0.3 is 14.4 Å². The molecule has 19 heavy (non-hydrogen) atoms. The molecular weight excluding hydrogens is 266 g/mol. The first-order chi connectivity index (χ1) is 9.28. The van der Waals surface area contributed by atoms with Gasteiger partial charge in [-0.05, 0) is 36.8 Å². The average molecular weight is 282 g/mol. The lowest BCUT2D eigenvalue weighted by Crippen LogP contribution is -2.34. The predicted molar refractivity (Wildman–Crippen MR) is 73.5 cm³/mol. The molecule has 2 aromatic rings. The van der Waals surface area contributed by atoms with E-state index in [1.54, 1.807) is 12.3 Å². The van der Waals surface area contributed by atoms with Crippen LogP contribution in [-0.2, 0) is 0 Å². The van der Waals surface area contributed by atoms with E-state index >= 15 is 0 Å². The van der Waals surface area contributed by atoms with Gasteiger partial charge >= 0.3 is 0 Å². The van der Waals surface area contributed by atoms with Crippen molar-refractivity contribution in [1.82, 2.24) is 9.97 Å². The van der Waals surface area contributed by atoms with E-state index in [1.165, 1.54) is 0 Å². The summed E-state index contributed by atoms with van der Waals surface area (Å²) in [6, 6.07) is 1.80. The Bertz CT molecular complexity index is 564. The number of piperidine rings is 1. The molecular formula is C13H16ClN3O2. The smallest absolute Gasteiger partial charge is 0.225 e. The van der Waals surface area contributed by atoms with Crippen LogP contribution in [-0.4, -0.2) is 34.8 Å². The van der Waals surface area contributed by atoms with E-state index in [4.69, 9.17) is 21.1 Å². The van der Waals surface area contributed by atoms with Gasteiger partial charge in [0.2, 0.25) is 5.28 Å². The van der Waals surface area contributed by atoms with Crippen molar-refractivity contribution in [2.24, 2.45) is 5.92 Å². The SMILES string of the molecule is OCCC1CCN(c2nc(Cl)nc3ccoc23)CC1. The fraction of sp³-hybridized carbons (Fsp3) is 0.538. The van der Waals surface area contributed by atoms with E-state index in [9.17, 15) is 0 Å². The van der Waals surface area contributed by atoms with Gasteiger partial charge in [0.15, 0.2) is 11.4 Å². The number of aliphatic hydroxyl groups excluding tert-OH is 1. The Labute approximate surface area is 116 Å². The largest absolute Gasteiger partial charge is 0.459 e. The van der Waals surface area contributed by atoms with E-state index in [0.717, 1.165) is 43.7 Å². The molecule has 102 valence electrons. The zero-order valence-electron chi connectivity index (χ0n) is 10.5. The average Bonchev–Trinajstić information content (AvgIpc) is 2.87. The Kier molecular flexibility index (Phi) is 3.57. The van der Waals surface area contributed by atoms with Crippen molar-refractivity contribution in [2.75, 3.05) is 24.6 Å². The standard InChI is InChI=1S/C13H16ClN3O2/c14-13-15-10-4-8-19-11(10)12(16-13)17-5-1-9(2-6-17)3-7-18/h4,8-9,18H,1-3,5-7H2. The number of furan rings is 1. The molecule has 0 spiro atoms. The third kappa shape index (κ3) is 2.53. The quantitative estimate of drug-likeness (QED) is 0.876. The number of fused-ring (bicyclic) bond motifs is 1. The molecule has 0 unspecified atom stereocenters. The van der Waals surface area contributed by atoms with Gasteiger partial charge in [-0.2, -0.15) is 4.98 Å². The zero-order valence-corrected chi connectivity index (χ0v) is 11.3. The lowest BCUT2D eigenvalue weighted by atomic mass is 9.94. The molecule has 0 radical (unpaired) electrons. The molecule has 1 aliphatic heterocycles. The predicted octanol–water partition coefficient (Wildman–Crippen LogP) is 2.48. The van der Waals surface area contributed by atoms with Crippen molar-refractivity contribution in [3.63, 3.8) is 0 Å². The highest BCUT2D eigenvalue weighted by atomic mass is 35.5. The van der Waals surface area contributed by atoms with Crippen molar-refractivity contribution in [3.8, 4) is 0 Å². The molecule has 3 rings (SSSR count). The highest BCUT2D eigenvalue weighted by molar-refractivity contribution is 6.28. The van der Waals surface area contributed by atoms with E-state index in [2.05, 4.69) is 14.9 Å². The summed E-state index contributed by atoms with van der Waals surface area (Å²) in [5, 5.41) is 9.24. The monoisotopic (exact) mass is 281 g/mol. The fourth-order valence-electron chi connectivity index (χ4n) is 2.65. The number of anilines is 1. The van der Waals surface area contributed by atoms with E-state index in [1.807, 2.05) is 0 Å². The Morgan fingerprint density at radius 1 is 1.37 bits per heavy atom. The molecule has 1 saturated heterocycles. The highest BCUT2D eigenvalue weighted by Crippen LogP contribution is 2.30. The Morgan fingerprint density at radius 2 is 2.16 bits per heavy atom. The van der Waals surface area contributed by atoms with Crippen LogP contribution >= 0.6 is 11.6 Å². The summed E-state index contributed by atoms with van der Waals surface area (Å²) < 4.78 is 5.47. The van der Waals surface area contributed by atoms with Crippen LogP contribution in [0.25, 0.3) is 11.1 Å². The number of rotatable bonds is 3. The van der Waals surface area contributed by atoms with Gasteiger partial charge in [-0.3, -0.25) is 0 Å². The summed E-state index contributed by atoms with van der Waals surface area (Å²) in [6.07, 6.45) is 4.61. The molecule has 0 atom stereocenters. The van der Waals surface area contributed by atoms with Crippen molar-refractivity contribution < 1.29 is 9.52 Å². The van der Waals surface area contributed by atoms with Crippen molar-refractivity contribution in [2.45, 2.75) is 19.3 Å². The van der Waals surface area contributed by atoms with Gasteiger partial charge in [-0.25, -0.2) is 4.98 Å². The van der Waals surface area contributed by atoms with E-state index in [-0.39, 0.29) is 11.9 Å². The minimum absolute atomic E-state index is 0.251. The van der Waals surface area contributed by atoms with E-state index < -0.39 is 0 Å². The molecule has 2 aromatic heterocycles. The molecule has 1 N–H and O–H groups in total. The summed E-state index contributed by atoms with van der Waals surface area (Å²) in [5.41, 5.74) is 1.44. The van der Waals surface area contributed by atoms with Gasteiger partial charge in [0, 0.05) is 25.8 Å². The van der Waals surface area contributed by atoms with Gasteiger partial charge in [-0.1, -0.05) is 0 Å². The molecule has 0 aromatic carbocycles. The first-order valence-corrected chi connectivity index (χ1v) is 6.92. The van der Waals surface area contributed by atoms with Crippen LogP contribution in [0, 0.1) is 5.92 Å². The Morgan fingerprint density at radius 3 is 2.89 bits per heavy atom. The fourth-order valence-corrected chi connectivity index (χ4v) is 2.82. The van der Waals surface area contributed by atoms with Crippen LogP contribution in [0.2, 0.25) is 5.28 Å². The summed E-state index contributed by atoms with van der Waals surface area (Å²) in [6.45, 7) is 2.09. The summed E-state index contributed by atoms with van der Waals surface area (Å²) in [4.78, 5) is 10.6. The molecule has 3 heterocycles. The summed E-state index contributed by atoms with van der Waals surface area (Å²) >= 11 is 5.95. The number of hydrogen-bond donors (Lipinski definition) is 1. The van der Waals surface area contributed by atoms with Crippen LogP contribution in [0.1, 0.15) is 19.3 Å². The lowest BCUT2D eigenvalue weighted by Gasteiger charge is -2.32. The maximum Gasteiger partial charge on any atom is 0.225 e. The van der Waals surface area contributed by atoms with E-state index in [0.29, 0.717) is 11.5 Å². The van der Waals surface area contributed by atoms with Gasteiger partial charge in [0.25, 0.3) is 0 Å². The Hall–Kier alpha value is -1.33. The van der Waals surface area contributed by atoms with Gasteiger partial charge in [-0.15, -0.1) is 0 Å². The number of aromatic nitrogens is 2. The molecule has 6 heteroatoms. The Balaban J connectivity index is 1.83. The number of aliphatic hydroxyl groups is 1. The van der Waals surface area contributed by atoms with Crippen LogP contribution in [0.5, 0.6) is 0 Å². The molecule has 0 saturated carbocycles. The molecule has 0 aliphatic carbocycles.